The van der Waals surface area contributed by atoms with Gasteiger partial charge in [-0.25, -0.2) is 13.6 Å². The van der Waals surface area contributed by atoms with Gasteiger partial charge in [-0.05, 0) is 37.1 Å². The van der Waals surface area contributed by atoms with E-state index >= 15 is 0 Å². The van der Waals surface area contributed by atoms with Gasteiger partial charge in [0.2, 0.25) is 0 Å². The zero-order valence-corrected chi connectivity index (χ0v) is 16.6. The van der Waals surface area contributed by atoms with Gasteiger partial charge in [0.25, 0.3) is 11.8 Å². The fourth-order valence-electron chi connectivity index (χ4n) is 3.42. The number of quaternary nitrogens is 1. The van der Waals surface area contributed by atoms with Crippen molar-refractivity contribution in [3.8, 4) is 0 Å². The minimum atomic E-state index is -1.24. The number of rotatable bonds is 7. The van der Waals surface area contributed by atoms with E-state index in [4.69, 9.17) is 0 Å². The van der Waals surface area contributed by atoms with Crippen molar-refractivity contribution in [1.29, 1.82) is 0 Å². The zero-order valence-electron chi connectivity index (χ0n) is 16.6. The summed E-state index contributed by atoms with van der Waals surface area (Å²) in [5.41, 5.74) is 2.22. The Labute approximate surface area is 172 Å². The van der Waals surface area contributed by atoms with Gasteiger partial charge in [0.15, 0.2) is 18.2 Å². The standard InChI is InChI=1S/C21H22F2N4O3/c1-3-21(15-7-5-4-6-8-15)19(29)27(20(30)25-21)26-18(28)12-24-13(2)14-9-10-16(22)17(23)11-14/h4-11,13,24H,3,12H2,1-2H3,(H,25,30)(H,26,28)/p+1/t13-,21+/m1/s1. The number of carbonyl (C=O) groups is 3. The third-order valence-electron chi connectivity index (χ3n) is 5.25. The topological polar surface area (TPSA) is 95.1 Å². The van der Waals surface area contributed by atoms with Crippen LogP contribution < -0.4 is 16.1 Å². The molecule has 0 aliphatic carbocycles. The summed E-state index contributed by atoms with van der Waals surface area (Å²) in [5, 5.41) is 4.95. The number of imide groups is 1. The van der Waals surface area contributed by atoms with Gasteiger partial charge >= 0.3 is 6.03 Å². The molecule has 1 heterocycles. The van der Waals surface area contributed by atoms with Gasteiger partial charge in [0, 0.05) is 5.56 Å². The number of carbonyl (C=O) groups excluding carboxylic acids is 3. The Morgan fingerprint density at radius 3 is 2.50 bits per heavy atom. The lowest BCUT2D eigenvalue weighted by Gasteiger charge is -2.25. The van der Waals surface area contributed by atoms with E-state index in [9.17, 15) is 23.2 Å². The monoisotopic (exact) mass is 417 g/mol. The predicted molar refractivity (Wildman–Crippen MR) is 103 cm³/mol. The number of nitrogens with zero attached hydrogens (tertiary/aromatic N) is 1. The molecule has 7 nitrogen and oxygen atoms in total. The summed E-state index contributed by atoms with van der Waals surface area (Å²) < 4.78 is 26.5. The van der Waals surface area contributed by atoms with Gasteiger partial charge in [-0.1, -0.05) is 37.3 Å². The Morgan fingerprint density at radius 1 is 1.17 bits per heavy atom. The average Bonchev–Trinajstić information content (AvgIpc) is 2.99. The average molecular weight is 417 g/mol. The molecule has 30 heavy (non-hydrogen) atoms. The van der Waals surface area contributed by atoms with E-state index in [1.54, 1.807) is 49.5 Å². The van der Waals surface area contributed by atoms with Crippen molar-refractivity contribution >= 4 is 17.8 Å². The molecular formula is C21H23F2N4O3+. The van der Waals surface area contributed by atoms with Crippen LogP contribution in [-0.2, 0) is 15.1 Å². The lowest BCUT2D eigenvalue weighted by atomic mass is 9.87. The van der Waals surface area contributed by atoms with Crippen LogP contribution in [0, 0.1) is 11.6 Å². The number of amides is 4. The van der Waals surface area contributed by atoms with Crippen molar-refractivity contribution in [3.05, 3.63) is 71.3 Å². The minimum absolute atomic E-state index is 0.123. The lowest BCUT2D eigenvalue weighted by Crippen LogP contribution is -2.87. The zero-order chi connectivity index (χ0) is 21.9. The summed E-state index contributed by atoms with van der Waals surface area (Å²) >= 11 is 0. The summed E-state index contributed by atoms with van der Waals surface area (Å²) in [6, 6.07) is 11.3. The number of hydrogen-bond donors (Lipinski definition) is 3. The quantitative estimate of drug-likeness (QED) is 0.596. The first-order valence-electron chi connectivity index (χ1n) is 9.58. The summed E-state index contributed by atoms with van der Waals surface area (Å²) in [4.78, 5) is 37.7. The van der Waals surface area contributed by atoms with Crippen molar-refractivity contribution in [3.63, 3.8) is 0 Å². The van der Waals surface area contributed by atoms with Crippen LogP contribution in [0.1, 0.15) is 37.4 Å². The Morgan fingerprint density at radius 2 is 1.87 bits per heavy atom. The molecule has 0 saturated carbocycles. The molecule has 0 spiro atoms. The van der Waals surface area contributed by atoms with Crippen LogP contribution >= 0.6 is 0 Å². The van der Waals surface area contributed by atoms with Gasteiger partial charge < -0.3 is 10.6 Å². The van der Waals surface area contributed by atoms with Crippen molar-refractivity contribution in [2.24, 2.45) is 0 Å². The van der Waals surface area contributed by atoms with Gasteiger partial charge in [-0.3, -0.25) is 15.0 Å². The maximum absolute atomic E-state index is 13.4. The Kier molecular flexibility index (Phi) is 6.12. The van der Waals surface area contributed by atoms with Crippen molar-refractivity contribution < 1.29 is 28.5 Å². The third-order valence-corrected chi connectivity index (χ3v) is 5.25. The third kappa shape index (κ3) is 4.02. The first-order chi connectivity index (χ1) is 14.3. The first kappa shape index (κ1) is 21.4. The number of nitrogens with one attached hydrogen (secondary N) is 2. The fourth-order valence-corrected chi connectivity index (χ4v) is 3.42. The van der Waals surface area contributed by atoms with E-state index in [2.05, 4.69) is 10.7 Å². The number of nitrogens with two attached hydrogens (primary N) is 1. The summed E-state index contributed by atoms with van der Waals surface area (Å²) in [5.74, 6) is -3.05. The number of hydrazine groups is 1. The normalized spacial score (nSPS) is 19.5. The SMILES string of the molecule is CC[C@@]1(c2ccccc2)NC(=O)N(NC(=O)C[NH2+][C@H](C)c2ccc(F)c(F)c2)C1=O. The molecule has 4 amide bonds. The molecule has 1 aliphatic heterocycles. The van der Waals surface area contributed by atoms with Gasteiger partial charge in [-0.2, -0.15) is 5.01 Å². The molecule has 4 N–H and O–H groups in total. The van der Waals surface area contributed by atoms with Gasteiger partial charge in [0.05, 0.1) is 0 Å². The number of halogens is 2. The molecule has 0 radical (unpaired) electrons. The summed E-state index contributed by atoms with van der Waals surface area (Å²) in [7, 11) is 0. The molecule has 1 aliphatic rings. The fraction of sp³-hybridized carbons (Fsp3) is 0.286. The molecule has 0 unspecified atom stereocenters. The molecule has 3 rings (SSSR count). The Hall–Kier alpha value is -3.33. The molecule has 1 saturated heterocycles. The highest BCUT2D eigenvalue weighted by molar-refractivity contribution is 6.08. The molecule has 2 atom stereocenters. The highest BCUT2D eigenvalue weighted by Crippen LogP contribution is 2.31. The Bertz CT molecular complexity index is 970. The van der Waals surface area contributed by atoms with Crippen LogP contribution in [0.4, 0.5) is 13.6 Å². The van der Waals surface area contributed by atoms with E-state index in [0.29, 0.717) is 22.6 Å². The van der Waals surface area contributed by atoms with Gasteiger partial charge in [-0.15, -0.1) is 0 Å². The van der Waals surface area contributed by atoms with Crippen molar-refractivity contribution in [2.75, 3.05) is 6.54 Å². The second kappa shape index (κ2) is 8.58. The summed E-state index contributed by atoms with van der Waals surface area (Å²) in [6.07, 6.45) is 0.313. The van der Waals surface area contributed by atoms with Gasteiger partial charge in [0.1, 0.15) is 11.6 Å². The van der Waals surface area contributed by atoms with Crippen molar-refractivity contribution in [1.82, 2.24) is 15.8 Å². The number of hydrogen-bond acceptors (Lipinski definition) is 3. The summed E-state index contributed by atoms with van der Waals surface area (Å²) in [6.45, 7) is 3.38. The maximum Gasteiger partial charge on any atom is 0.344 e. The predicted octanol–water partition coefficient (Wildman–Crippen LogP) is 1.48. The molecule has 2 aromatic rings. The van der Waals surface area contributed by atoms with E-state index < -0.39 is 35.0 Å². The van der Waals surface area contributed by atoms with Crippen LogP contribution in [0.25, 0.3) is 0 Å². The highest BCUT2D eigenvalue weighted by Gasteiger charge is 2.52. The second-order valence-electron chi connectivity index (χ2n) is 7.13. The minimum Gasteiger partial charge on any atom is -0.332 e. The van der Waals surface area contributed by atoms with E-state index in [0.717, 1.165) is 12.1 Å². The van der Waals surface area contributed by atoms with Crippen LogP contribution in [0.3, 0.4) is 0 Å². The maximum atomic E-state index is 13.4. The molecule has 1 fully saturated rings. The molecular weight excluding hydrogens is 394 g/mol. The smallest absolute Gasteiger partial charge is 0.332 e. The second-order valence-corrected chi connectivity index (χ2v) is 7.13. The molecule has 9 heteroatoms. The number of benzene rings is 2. The Balaban J connectivity index is 1.64. The van der Waals surface area contributed by atoms with E-state index in [-0.39, 0.29) is 12.6 Å². The van der Waals surface area contributed by atoms with Crippen LogP contribution in [-0.4, -0.2) is 29.4 Å². The van der Waals surface area contributed by atoms with Crippen LogP contribution in [0.15, 0.2) is 48.5 Å². The molecule has 158 valence electrons. The van der Waals surface area contributed by atoms with Crippen molar-refractivity contribution in [2.45, 2.75) is 31.8 Å². The molecule has 2 aromatic carbocycles. The number of urea groups is 1. The lowest BCUT2D eigenvalue weighted by molar-refractivity contribution is -0.682. The largest absolute Gasteiger partial charge is 0.344 e. The van der Waals surface area contributed by atoms with E-state index in [1.165, 1.54) is 6.07 Å². The van der Waals surface area contributed by atoms with Crippen LogP contribution in [0.2, 0.25) is 0 Å². The molecule has 0 aromatic heterocycles. The highest BCUT2D eigenvalue weighted by atomic mass is 19.2. The van der Waals surface area contributed by atoms with Crippen LogP contribution in [0.5, 0.6) is 0 Å². The first-order valence-corrected chi connectivity index (χ1v) is 9.58. The van der Waals surface area contributed by atoms with E-state index in [1.807, 2.05) is 0 Å². The molecule has 0 bridgehead atoms.